The Balaban J connectivity index is 2.33. The van der Waals surface area contributed by atoms with Gasteiger partial charge >= 0.3 is 0 Å². The zero-order valence-corrected chi connectivity index (χ0v) is 22.9. The molecule has 2 atom stereocenters. The third-order valence-electron chi connectivity index (χ3n) is 6.80. The highest BCUT2D eigenvalue weighted by Gasteiger charge is 2.32. The van der Waals surface area contributed by atoms with E-state index in [4.69, 9.17) is 0 Å². The average molecular weight is 515 g/mol. The lowest BCUT2D eigenvalue weighted by Gasteiger charge is -2.25. The van der Waals surface area contributed by atoms with E-state index in [9.17, 15) is 20.1 Å². The average Bonchev–Trinajstić information content (AvgIpc) is 2.94. The Hall–Kier alpha value is -4.01. The number of hydrogen-bond acceptors (Lipinski definition) is 6. The van der Waals surface area contributed by atoms with Crippen molar-refractivity contribution in [2.24, 2.45) is 0 Å². The van der Waals surface area contributed by atoms with E-state index in [2.05, 4.69) is 41.3 Å². The molecule has 0 saturated heterocycles. The number of rotatable bonds is 14. The molecule has 0 spiro atoms. The number of nitrogens with zero attached hydrogens (tertiary/aromatic N) is 4. The van der Waals surface area contributed by atoms with Crippen molar-refractivity contribution in [2.75, 3.05) is 6.54 Å². The van der Waals surface area contributed by atoms with Crippen LogP contribution in [0.5, 0.6) is 0 Å². The lowest BCUT2D eigenvalue weighted by Crippen LogP contribution is -2.39. The van der Waals surface area contributed by atoms with E-state index in [1.54, 1.807) is 49.7 Å². The molecule has 2 unspecified atom stereocenters. The molecule has 200 valence electrons. The van der Waals surface area contributed by atoms with Gasteiger partial charge in [-0.2, -0.15) is 10.5 Å². The summed E-state index contributed by atoms with van der Waals surface area (Å²) < 4.78 is 1.45. The third kappa shape index (κ3) is 7.06. The van der Waals surface area contributed by atoms with Crippen LogP contribution in [-0.4, -0.2) is 28.0 Å². The van der Waals surface area contributed by atoms with E-state index >= 15 is 0 Å². The fraction of sp³-hybridized carbons (Fsp3) is 0.433. The predicted molar refractivity (Wildman–Crippen MR) is 151 cm³/mol. The van der Waals surface area contributed by atoms with Crippen LogP contribution in [-0.2, 0) is 12.0 Å². The van der Waals surface area contributed by atoms with Crippen LogP contribution in [0.4, 0.5) is 0 Å². The van der Waals surface area contributed by atoms with Crippen LogP contribution in [0.2, 0.25) is 0 Å². The molecule has 38 heavy (non-hydrogen) atoms. The Bertz CT molecular complexity index is 1300. The smallest absolute Gasteiger partial charge is 0.267 e. The number of allylic oxidation sites excluding steroid dienone is 1. The number of carbonyl (C=O) groups excluding carboxylic acids is 1. The highest BCUT2D eigenvalue weighted by atomic mass is 16.2. The van der Waals surface area contributed by atoms with Crippen LogP contribution in [0.15, 0.2) is 41.8 Å². The first-order valence-electron chi connectivity index (χ1n) is 13.2. The summed E-state index contributed by atoms with van der Waals surface area (Å²) in [4.78, 5) is 30.7. The minimum atomic E-state index is -0.843. The van der Waals surface area contributed by atoms with Gasteiger partial charge in [0.2, 0.25) is 0 Å². The molecule has 0 aromatic carbocycles. The van der Waals surface area contributed by atoms with Crippen molar-refractivity contribution in [1.82, 2.24) is 20.2 Å². The molecule has 0 bridgehead atoms. The van der Waals surface area contributed by atoms with E-state index in [0.29, 0.717) is 42.9 Å². The number of nitrogens with one attached hydrogen (secondary N) is 2. The van der Waals surface area contributed by atoms with Crippen molar-refractivity contribution in [1.29, 1.82) is 10.5 Å². The Kier molecular flexibility index (Phi) is 11.7. The van der Waals surface area contributed by atoms with Gasteiger partial charge in [0.15, 0.2) is 0 Å². The van der Waals surface area contributed by atoms with Gasteiger partial charge in [-0.15, -0.1) is 0 Å². The van der Waals surface area contributed by atoms with Crippen molar-refractivity contribution in [3.63, 3.8) is 0 Å². The van der Waals surface area contributed by atoms with Crippen LogP contribution >= 0.6 is 0 Å². The molecule has 2 aromatic rings. The van der Waals surface area contributed by atoms with Gasteiger partial charge in [0.05, 0.1) is 29.1 Å². The van der Waals surface area contributed by atoms with Crippen LogP contribution < -0.4 is 16.2 Å². The summed E-state index contributed by atoms with van der Waals surface area (Å²) in [5, 5.41) is 25.7. The quantitative estimate of drug-likeness (QED) is 0.345. The van der Waals surface area contributed by atoms with Crippen LogP contribution in [0.3, 0.4) is 0 Å². The number of amides is 1. The molecule has 2 aromatic heterocycles. The van der Waals surface area contributed by atoms with Gasteiger partial charge in [0.1, 0.15) is 11.0 Å². The van der Waals surface area contributed by atoms with Crippen LogP contribution in [0.1, 0.15) is 92.7 Å². The molecule has 0 aliphatic heterocycles. The summed E-state index contributed by atoms with van der Waals surface area (Å²) in [5.74, 6) is -0.386. The SMILES string of the molecule is C=Cc1c(CNCCC(C#N)(CC)c2cc(C#N)ccn2)cc(C(=O)NC(CC)CCC)c(=O)n1/C=C\C. The summed E-state index contributed by atoms with van der Waals surface area (Å²) in [6, 6.07) is 9.44. The Morgan fingerprint density at radius 3 is 2.63 bits per heavy atom. The monoisotopic (exact) mass is 514 g/mol. The lowest BCUT2D eigenvalue weighted by molar-refractivity contribution is 0.0931. The van der Waals surface area contributed by atoms with E-state index in [-0.39, 0.29) is 17.5 Å². The van der Waals surface area contributed by atoms with Gasteiger partial charge in [-0.1, -0.05) is 39.8 Å². The maximum absolute atomic E-state index is 13.2. The molecule has 0 radical (unpaired) electrons. The van der Waals surface area contributed by atoms with Crippen molar-refractivity contribution in [3.05, 3.63) is 75.5 Å². The normalized spacial score (nSPS) is 13.3. The number of aromatic nitrogens is 2. The predicted octanol–water partition coefficient (Wildman–Crippen LogP) is 4.91. The van der Waals surface area contributed by atoms with Crippen LogP contribution in [0.25, 0.3) is 12.3 Å². The summed E-state index contributed by atoms with van der Waals surface area (Å²) in [5.41, 5.74) is 1.23. The van der Waals surface area contributed by atoms with Gasteiger partial charge in [-0.25, -0.2) is 0 Å². The number of nitriles is 2. The van der Waals surface area contributed by atoms with E-state index in [1.807, 2.05) is 13.8 Å². The molecule has 1 amide bonds. The molecule has 0 fully saturated rings. The zero-order chi connectivity index (χ0) is 28.1. The van der Waals surface area contributed by atoms with Gasteiger partial charge in [0, 0.05) is 25.0 Å². The second kappa shape index (κ2) is 14.7. The van der Waals surface area contributed by atoms with Gasteiger partial charge < -0.3 is 10.6 Å². The Morgan fingerprint density at radius 1 is 1.29 bits per heavy atom. The highest BCUT2D eigenvalue weighted by molar-refractivity contribution is 5.94. The fourth-order valence-corrected chi connectivity index (χ4v) is 4.49. The Labute approximate surface area is 225 Å². The number of carbonyl (C=O) groups is 1. The molecule has 0 saturated carbocycles. The topological polar surface area (TPSA) is 124 Å². The Morgan fingerprint density at radius 2 is 2.05 bits per heavy atom. The fourth-order valence-electron chi connectivity index (χ4n) is 4.49. The van der Waals surface area contributed by atoms with Crippen molar-refractivity contribution in [3.8, 4) is 12.1 Å². The molecule has 2 rings (SSSR count). The van der Waals surface area contributed by atoms with Crippen molar-refractivity contribution >= 4 is 18.2 Å². The largest absolute Gasteiger partial charge is 0.349 e. The molecule has 2 N–H and O–H groups in total. The van der Waals surface area contributed by atoms with Crippen molar-refractivity contribution in [2.45, 2.75) is 77.8 Å². The van der Waals surface area contributed by atoms with E-state index in [1.165, 1.54) is 4.57 Å². The summed E-state index contributed by atoms with van der Waals surface area (Å²) in [7, 11) is 0. The molecule has 0 aliphatic carbocycles. The lowest BCUT2D eigenvalue weighted by atomic mass is 9.79. The molecule has 8 nitrogen and oxygen atoms in total. The first kappa shape index (κ1) is 30.2. The second-order valence-electron chi connectivity index (χ2n) is 9.21. The van der Waals surface area contributed by atoms with Gasteiger partial charge in [0.25, 0.3) is 11.5 Å². The maximum Gasteiger partial charge on any atom is 0.267 e. The molecular formula is C30H38N6O2. The number of hydrogen-bond donors (Lipinski definition) is 2. The minimum Gasteiger partial charge on any atom is -0.349 e. The standard InChI is InChI=1S/C30H38N6O2/c1-6-11-24(8-3)35-28(37)25-18-23(26(9-4)36(16-7-2)29(25)38)20-33-15-13-30(10-5,21-32)27-17-22(19-31)12-14-34-27/h7,9,12,14,16-18,24,33H,4,6,8,10-11,13,15,20H2,1-3,5H3,(H,35,37)/b16-7-. The van der Waals surface area contributed by atoms with E-state index in [0.717, 1.165) is 24.8 Å². The first-order valence-corrected chi connectivity index (χ1v) is 13.2. The molecule has 8 heteroatoms. The molecular weight excluding hydrogens is 476 g/mol. The maximum atomic E-state index is 13.2. The van der Waals surface area contributed by atoms with Gasteiger partial charge in [-0.05, 0) is 69.0 Å². The highest BCUT2D eigenvalue weighted by Crippen LogP contribution is 2.30. The molecule has 2 heterocycles. The van der Waals surface area contributed by atoms with Crippen molar-refractivity contribution < 1.29 is 4.79 Å². The first-order chi connectivity index (χ1) is 18.3. The van der Waals surface area contributed by atoms with Gasteiger partial charge in [-0.3, -0.25) is 19.1 Å². The third-order valence-corrected chi connectivity index (χ3v) is 6.80. The summed E-state index contributed by atoms with van der Waals surface area (Å²) in [6.07, 6.45) is 10.1. The second-order valence-corrected chi connectivity index (χ2v) is 9.21. The summed E-state index contributed by atoms with van der Waals surface area (Å²) >= 11 is 0. The zero-order valence-electron chi connectivity index (χ0n) is 22.9. The van der Waals surface area contributed by atoms with E-state index < -0.39 is 11.0 Å². The summed E-state index contributed by atoms with van der Waals surface area (Å²) in [6.45, 7) is 12.5. The number of pyridine rings is 2. The minimum absolute atomic E-state index is 0.00372. The molecule has 0 aliphatic rings. The van der Waals surface area contributed by atoms with Crippen LogP contribution in [0, 0.1) is 22.7 Å².